The first-order valence-electron chi connectivity index (χ1n) is 6.33. The number of nitrogens with zero attached hydrogens (tertiary/aromatic N) is 1. The molecular formula is C16H11ClN2O. The number of halogens is 1. The Morgan fingerprint density at radius 1 is 1.05 bits per heavy atom. The second kappa shape index (κ2) is 3.87. The highest BCUT2D eigenvalue weighted by molar-refractivity contribution is 6.35. The molecular weight excluding hydrogens is 272 g/mol. The number of benzene rings is 2. The van der Waals surface area contributed by atoms with Gasteiger partial charge in [-0.15, -0.1) is 0 Å². The summed E-state index contributed by atoms with van der Waals surface area (Å²) in [5, 5.41) is 14.3. The Labute approximate surface area is 119 Å². The zero-order valence-corrected chi connectivity index (χ0v) is 11.5. The Bertz CT molecular complexity index is 988. The second-order valence-electron chi connectivity index (χ2n) is 4.98. The highest BCUT2D eigenvalue weighted by Crippen LogP contribution is 2.35. The summed E-state index contributed by atoms with van der Waals surface area (Å²) in [7, 11) is 0. The van der Waals surface area contributed by atoms with E-state index in [2.05, 4.69) is 16.9 Å². The molecule has 0 unspecified atom stereocenters. The van der Waals surface area contributed by atoms with Gasteiger partial charge in [0, 0.05) is 27.9 Å². The standard InChI is InChI=1S/C16H11ClN2O/c1-8-10-4-5-18-16(17)13(10)7-12-11-6-9(20)2-3-14(11)19-15(8)12/h2-7,19-20H,1H3. The van der Waals surface area contributed by atoms with E-state index in [1.165, 1.54) is 0 Å². The van der Waals surface area contributed by atoms with Gasteiger partial charge in [0.2, 0.25) is 0 Å². The van der Waals surface area contributed by atoms with Crippen molar-refractivity contribution in [2.75, 3.05) is 0 Å². The molecule has 98 valence electrons. The molecule has 0 fully saturated rings. The van der Waals surface area contributed by atoms with Gasteiger partial charge in [-0.05, 0) is 48.2 Å². The number of H-pyrrole nitrogens is 1. The largest absolute Gasteiger partial charge is 0.508 e. The maximum atomic E-state index is 9.69. The zero-order chi connectivity index (χ0) is 13.9. The van der Waals surface area contributed by atoms with Gasteiger partial charge in [0.1, 0.15) is 10.9 Å². The van der Waals surface area contributed by atoms with Gasteiger partial charge in [-0.3, -0.25) is 0 Å². The zero-order valence-electron chi connectivity index (χ0n) is 10.7. The fourth-order valence-electron chi connectivity index (χ4n) is 2.84. The summed E-state index contributed by atoms with van der Waals surface area (Å²) in [6.07, 6.45) is 1.72. The Kier molecular flexibility index (Phi) is 2.24. The summed E-state index contributed by atoms with van der Waals surface area (Å²) in [6.45, 7) is 2.07. The summed E-state index contributed by atoms with van der Waals surface area (Å²) in [5.74, 6) is 0.258. The third kappa shape index (κ3) is 1.44. The average Bonchev–Trinajstić information content (AvgIpc) is 2.79. The minimum Gasteiger partial charge on any atom is -0.508 e. The average molecular weight is 283 g/mol. The van der Waals surface area contributed by atoms with Crippen LogP contribution in [-0.2, 0) is 0 Å². The van der Waals surface area contributed by atoms with Crippen molar-refractivity contribution in [1.82, 2.24) is 9.97 Å². The van der Waals surface area contributed by atoms with Crippen LogP contribution in [0.15, 0.2) is 36.5 Å². The number of nitrogens with one attached hydrogen (secondary N) is 1. The molecule has 2 heterocycles. The molecule has 2 aromatic carbocycles. The lowest BCUT2D eigenvalue weighted by atomic mass is 10.0. The molecule has 20 heavy (non-hydrogen) atoms. The van der Waals surface area contributed by atoms with E-state index in [0.717, 1.165) is 38.1 Å². The van der Waals surface area contributed by atoms with E-state index in [-0.39, 0.29) is 5.75 Å². The molecule has 0 atom stereocenters. The van der Waals surface area contributed by atoms with Crippen molar-refractivity contribution >= 4 is 44.2 Å². The van der Waals surface area contributed by atoms with E-state index in [0.29, 0.717) is 5.15 Å². The number of hydrogen-bond donors (Lipinski definition) is 2. The molecule has 4 rings (SSSR count). The molecule has 4 aromatic rings. The SMILES string of the molecule is Cc1c2ccnc(Cl)c2cc2c1[nH]c1ccc(O)cc12. The van der Waals surface area contributed by atoms with Crippen LogP contribution in [0, 0.1) is 6.92 Å². The number of aromatic hydroxyl groups is 1. The molecule has 0 spiro atoms. The Morgan fingerprint density at radius 3 is 2.75 bits per heavy atom. The molecule has 0 bridgehead atoms. The first-order chi connectivity index (χ1) is 9.65. The van der Waals surface area contributed by atoms with Gasteiger partial charge in [0.25, 0.3) is 0 Å². The van der Waals surface area contributed by atoms with E-state index in [4.69, 9.17) is 11.6 Å². The predicted octanol–water partition coefficient (Wildman–Crippen LogP) is 4.54. The smallest absolute Gasteiger partial charge is 0.136 e. The number of pyridine rings is 1. The van der Waals surface area contributed by atoms with Crippen molar-refractivity contribution < 1.29 is 5.11 Å². The van der Waals surface area contributed by atoms with Crippen LogP contribution in [-0.4, -0.2) is 15.1 Å². The first kappa shape index (κ1) is 11.6. The van der Waals surface area contributed by atoms with Crippen molar-refractivity contribution in [3.8, 4) is 5.75 Å². The summed E-state index contributed by atoms with van der Waals surface area (Å²) in [5.41, 5.74) is 3.21. The van der Waals surface area contributed by atoms with Gasteiger partial charge in [-0.1, -0.05) is 11.6 Å². The van der Waals surface area contributed by atoms with E-state index >= 15 is 0 Å². The van der Waals surface area contributed by atoms with Crippen molar-refractivity contribution in [2.45, 2.75) is 6.92 Å². The molecule has 0 saturated heterocycles. The number of hydrogen-bond acceptors (Lipinski definition) is 2. The molecule has 2 aromatic heterocycles. The van der Waals surface area contributed by atoms with Crippen LogP contribution in [0.25, 0.3) is 32.6 Å². The maximum Gasteiger partial charge on any atom is 0.136 e. The maximum absolute atomic E-state index is 9.69. The van der Waals surface area contributed by atoms with Gasteiger partial charge in [-0.2, -0.15) is 0 Å². The number of phenols is 1. The van der Waals surface area contributed by atoms with Gasteiger partial charge < -0.3 is 10.1 Å². The molecule has 0 aliphatic rings. The highest BCUT2D eigenvalue weighted by Gasteiger charge is 2.12. The third-order valence-electron chi connectivity index (χ3n) is 3.83. The fourth-order valence-corrected chi connectivity index (χ4v) is 3.05. The molecule has 2 N–H and O–H groups in total. The number of aromatic nitrogens is 2. The van der Waals surface area contributed by atoms with E-state index in [1.807, 2.05) is 18.2 Å². The molecule has 3 nitrogen and oxygen atoms in total. The number of rotatable bonds is 0. The second-order valence-corrected chi connectivity index (χ2v) is 5.33. The molecule has 0 aliphatic carbocycles. The van der Waals surface area contributed by atoms with E-state index < -0.39 is 0 Å². The van der Waals surface area contributed by atoms with Gasteiger partial charge in [0.05, 0.1) is 5.52 Å². The van der Waals surface area contributed by atoms with Crippen LogP contribution < -0.4 is 0 Å². The number of phenolic OH excluding ortho intramolecular Hbond substituents is 1. The van der Waals surface area contributed by atoms with Gasteiger partial charge in [0.15, 0.2) is 0 Å². The fraction of sp³-hybridized carbons (Fsp3) is 0.0625. The quantitative estimate of drug-likeness (QED) is 0.465. The molecule has 0 radical (unpaired) electrons. The van der Waals surface area contributed by atoms with Crippen molar-refractivity contribution in [3.63, 3.8) is 0 Å². The van der Waals surface area contributed by atoms with Crippen LogP contribution in [0.4, 0.5) is 0 Å². The highest BCUT2D eigenvalue weighted by atomic mass is 35.5. The number of aromatic amines is 1. The lowest BCUT2D eigenvalue weighted by Crippen LogP contribution is -1.84. The summed E-state index contributed by atoms with van der Waals surface area (Å²) >= 11 is 6.21. The van der Waals surface area contributed by atoms with Gasteiger partial charge >= 0.3 is 0 Å². The Hall–Kier alpha value is -2.26. The molecule has 0 aliphatic heterocycles. The minimum absolute atomic E-state index is 0.258. The monoisotopic (exact) mass is 282 g/mol. The summed E-state index contributed by atoms with van der Waals surface area (Å²) in [4.78, 5) is 7.55. The first-order valence-corrected chi connectivity index (χ1v) is 6.71. The molecule has 4 heteroatoms. The number of aryl methyl sites for hydroxylation is 1. The van der Waals surface area contributed by atoms with Crippen LogP contribution >= 0.6 is 11.6 Å². The normalized spacial score (nSPS) is 11.7. The molecule has 0 saturated carbocycles. The lowest BCUT2D eigenvalue weighted by molar-refractivity contribution is 0.476. The van der Waals surface area contributed by atoms with Crippen molar-refractivity contribution in [1.29, 1.82) is 0 Å². The predicted molar refractivity (Wildman–Crippen MR) is 82.5 cm³/mol. The third-order valence-corrected chi connectivity index (χ3v) is 4.13. The number of fused-ring (bicyclic) bond motifs is 4. The van der Waals surface area contributed by atoms with Crippen LogP contribution in [0.5, 0.6) is 5.75 Å². The lowest BCUT2D eigenvalue weighted by Gasteiger charge is -2.05. The van der Waals surface area contributed by atoms with Crippen LogP contribution in [0.3, 0.4) is 0 Å². The van der Waals surface area contributed by atoms with Crippen molar-refractivity contribution in [2.24, 2.45) is 0 Å². The topological polar surface area (TPSA) is 48.9 Å². The molecule has 0 amide bonds. The Balaban J connectivity index is 2.31. The minimum atomic E-state index is 0.258. The van der Waals surface area contributed by atoms with E-state index in [1.54, 1.807) is 18.3 Å². The van der Waals surface area contributed by atoms with Crippen LogP contribution in [0.2, 0.25) is 5.15 Å². The van der Waals surface area contributed by atoms with Gasteiger partial charge in [-0.25, -0.2) is 4.98 Å². The van der Waals surface area contributed by atoms with E-state index in [9.17, 15) is 5.11 Å². The summed E-state index contributed by atoms with van der Waals surface area (Å²) in [6, 6.07) is 9.34. The Morgan fingerprint density at radius 2 is 1.90 bits per heavy atom. The summed E-state index contributed by atoms with van der Waals surface area (Å²) < 4.78 is 0. The van der Waals surface area contributed by atoms with Crippen LogP contribution in [0.1, 0.15) is 5.56 Å². The van der Waals surface area contributed by atoms with Crippen molar-refractivity contribution in [3.05, 3.63) is 47.2 Å².